The fourth-order valence-corrected chi connectivity index (χ4v) is 2.44. The Balaban J connectivity index is 2.81. The molecule has 4 nitrogen and oxygen atoms in total. The molecule has 0 bridgehead atoms. The minimum atomic E-state index is -0.417. The summed E-state index contributed by atoms with van der Waals surface area (Å²) in [7, 11) is 0. The third-order valence-electron chi connectivity index (χ3n) is 3.01. The Kier molecular flexibility index (Phi) is 3.89. The van der Waals surface area contributed by atoms with E-state index in [1.165, 1.54) is 0 Å². The highest BCUT2D eigenvalue weighted by molar-refractivity contribution is 5.82. The number of morpholine rings is 1. The summed E-state index contributed by atoms with van der Waals surface area (Å²) in [5, 5.41) is 0. The minimum Gasteiger partial charge on any atom is -0.366 e. The first kappa shape index (κ1) is 14.5. The Hall–Kier alpha value is -0.610. The number of nitrogens with zero attached hydrogens (tertiary/aromatic N) is 1. The zero-order chi connectivity index (χ0) is 13.4. The zero-order valence-corrected chi connectivity index (χ0v) is 11.9. The fraction of sp³-hybridized carbons (Fsp3) is 0.923. The van der Waals surface area contributed by atoms with E-state index in [9.17, 15) is 4.79 Å². The van der Waals surface area contributed by atoms with E-state index < -0.39 is 6.04 Å². The summed E-state index contributed by atoms with van der Waals surface area (Å²) < 4.78 is 5.95. The van der Waals surface area contributed by atoms with Gasteiger partial charge in [-0.25, -0.2) is 0 Å². The second kappa shape index (κ2) is 4.58. The number of ether oxygens (including phenoxy) is 1. The molecule has 1 fully saturated rings. The topological polar surface area (TPSA) is 55.6 Å². The van der Waals surface area contributed by atoms with Crippen LogP contribution in [0, 0.1) is 5.92 Å². The average molecular weight is 242 g/mol. The van der Waals surface area contributed by atoms with Gasteiger partial charge in [-0.05, 0) is 33.6 Å². The van der Waals surface area contributed by atoms with E-state index >= 15 is 0 Å². The van der Waals surface area contributed by atoms with Crippen LogP contribution in [-0.2, 0) is 9.53 Å². The molecule has 1 amide bonds. The molecule has 0 aromatic carbocycles. The number of carbonyl (C=O) groups is 1. The molecule has 1 atom stereocenters. The summed E-state index contributed by atoms with van der Waals surface area (Å²) in [5.41, 5.74) is 5.31. The normalized spacial score (nSPS) is 24.8. The van der Waals surface area contributed by atoms with E-state index in [0.717, 1.165) is 0 Å². The van der Waals surface area contributed by atoms with Crippen LogP contribution >= 0.6 is 0 Å². The average Bonchev–Trinajstić information content (AvgIpc) is 2.10. The molecule has 1 saturated heterocycles. The van der Waals surface area contributed by atoms with E-state index in [1.807, 2.05) is 46.4 Å². The molecular weight excluding hydrogens is 216 g/mol. The molecule has 4 heteroatoms. The Morgan fingerprint density at radius 2 is 1.59 bits per heavy atom. The van der Waals surface area contributed by atoms with Crippen molar-refractivity contribution in [3.8, 4) is 0 Å². The van der Waals surface area contributed by atoms with Gasteiger partial charge in [0.05, 0.1) is 17.2 Å². The number of amides is 1. The van der Waals surface area contributed by atoms with Crippen molar-refractivity contribution < 1.29 is 9.53 Å². The zero-order valence-electron chi connectivity index (χ0n) is 11.9. The maximum absolute atomic E-state index is 12.3. The highest BCUT2D eigenvalue weighted by atomic mass is 16.5. The summed E-state index contributed by atoms with van der Waals surface area (Å²) in [6.45, 7) is 13.2. The largest absolute Gasteiger partial charge is 0.366 e. The summed E-state index contributed by atoms with van der Waals surface area (Å²) in [6.07, 6.45) is 0. The third kappa shape index (κ3) is 3.68. The van der Waals surface area contributed by atoms with Gasteiger partial charge in [0.1, 0.15) is 0 Å². The van der Waals surface area contributed by atoms with Gasteiger partial charge in [-0.2, -0.15) is 0 Å². The molecule has 17 heavy (non-hydrogen) atoms. The van der Waals surface area contributed by atoms with Crippen molar-refractivity contribution in [2.45, 2.75) is 58.8 Å². The Morgan fingerprint density at radius 3 is 1.94 bits per heavy atom. The predicted octanol–water partition coefficient (Wildman–Crippen LogP) is 1.39. The summed E-state index contributed by atoms with van der Waals surface area (Å²) in [4.78, 5) is 14.1. The van der Waals surface area contributed by atoms with Crippen molar-refractivity contribution in [2.75, 3.05) is 13.1 Å². The third-order valence-corrected chi connectivity index (χ3v) is 3.01. The number of rotatable bonds is 2. The van der Waals surface area contributed by atoms with Crippen molar-refractivity contribution in [3.63, 3.8) is 0 Å². The van der Waals surface area contributed by atoms with Crippen molar-refractivity contribution in [1.29, 1.82) is 0 Å². The van der Waals surface area contributed by atoms with E-state index in [1.54, 1.807) is 0 Å². The van der Waals surface area contributed by atoms with E-state index in [-0.39, 0.29) is 23.0 Å². The van der Waals surface area contributed by atoms with Gasteiger partial charge < -0.3 is 15.4 Å². The van der Waals surface area contributed by atoms with Crippen LogP contribution in [0.2, 0.25) is 0 Å². The molecule has 1 heterocycles. The van der Waals surface area contributed by atoms with Crippen LogP contribution in [0.4, 0.5) is 0 Å². The molecule has 0 aliphatic carbocycles. The second-order valence-corrected chi connectivity index (χ2v) is 6.59. The molecule has 0 radical (unpaired) electrons. The van der Waals surface area contributed by atoms with Gasteiger partial charge in [-0.3, -0.25) is 4.79 Å². The van der Waals surface area contributed by atoms with Gasteiger partial charge in [-0.15, -0.1) is 0 Å². The summed E-state index contributed by atoms with van der Waals surface area (Å²) in [6, 6.07) is -0.417. The van der Waals surface area contributed by atoms with Gasteiger partial charge >= 0.3 is 0 Å². The molecule has 1 unspecified atom stereocenters. The first-order chi connectivity index (χ1) is 7.54. The first-order valence-electron chi connectivity index (χ1n) is 6.29. The summed E-state index contributed by atoms with van der Waals surface area (Å²) >= 11 is 0. The van der Waals surface area contributed by atoms with Crippen LogP contribution in [0.1, 0.15) is 41.5 Å². The Labute approximate surface area is 104 Å². The predicted molar refractivity (Wildman–Crippen MR) is 68.6 cm³/mol. The molecule has 1 aliphatic rings. The quantitative estimate of drug-likeness (QED) is 0.796. The highest BCUT2D eigenvalue weighted by Crippen LogP contribution is 2.28. The monoisotopic (exact) mass is 242 g/mol. The molecule has 0 aromatic rings. The van der Waals surface area contributed by atoms with Crippen LogP contribution in [-0.4, -0.2) is 41.1 Å². The number of nitrogens with two attached hydrogens (primary N) is 1. The van der Waals surface area contributed by atoms with Crippen molar-refractivity contribution >= 4 is 5.91 Å². The van der Waals surface area contributed by atoms with Gasteiger partial charge in [0, 0.05) is 13.1 Å². The molecule has 2 N–H and O–H groups in total. The summed E-state index contributed by atoms with van der Waals surface area (Å²) in [5.74, 6) is 0.195. The van der Waals surface area contributed by atoms with Crippen molar-refractivity contribution in [3.05, 3.63) is 0 Å². The molecule has 0 spiro atoms. The standard InChI is InChI=1S/C13H26N2O2/c1-9(2)10(14)11(16)15-7-12(3,4)17-13(5,6)8-15/h9-10H,7-8,14H2,1-6H3. The maximum Gasteiger partial charge on any atom is 0.239 e. The highest BCUT2D eigenvalue weighted by Gasteiger charge is 2.41. The molecule has 1 aliphatic heterocycles. The van der Waals surface area contributed by atoms with Crippen molar-refractivity contribution in [2.24, 2.45) is 11.7 Å². The van der Waals surface area contributed by atoms with E-state index in [0.29, 0.717) is 13.1 Å². The second-order valence-electron chi connectivity index (χ2n) is 6.59. The fourth-order valence-electron chi connectivity index (χ4n) is 2.44. The minimum absolute atomic E-state index is 0.0319. The van der Waals surface area contributed by atoms with Crippen molar-refractivity contribution in [1.82, 2.24) is 4.90 Å². The lowest BCUT2D eigenvalue weighted by atomic mass is 9.96. The first-order valence-corrected chi connectivity index (χ1v) is 6.29. The van der Waals surface area contributed by atoms with Gasteiger partial charge in [-0.1, -0.05) is 13.8 Å². The number of hydrogen-bond donors (Lipinski definition) is 1. The lowest BCUT2D eigenvalue weighted by Crippen LogP contribution is -2.61. The maximum atomic E-state index is 12.3. The lowest BCUT2D eigenvalue weighted by molar-refractivity contribution is -0.189. The van der Waals surface area contributed by atoms with Crippen LogP contribution in [0.5, 0.6) is 0 Å². The number of carbonyl (C=O) groups excluding carboxylic acids is 1. The molecule has 100 valence electrons. The van der Waals surface area contributed by atoms with Crippen LogP contribution < -0.4 is 5.73 Å². The van der Waals surface area contributed by atoms with Crippen LogP contribution in [0.15, 0.2) is 0 Å². The Morgan fingerprint density at radius 1 is 1.18 bits per heavy atom. The van der Waals surface area contributed by atoms with Gasteiger partial charge in [0.25, 0.3) is 0 Å². The Bertz CT molecular complexity index is 282. The van der Waals surface area contributed by atoms with E-state index in [2.05, 4.69) is 0 Å². The smallest absolute Gasteiger partial charge is 0.239 e. The number of hydrogen-bond acceptors (Lipinski definition) is 3. The SMILES string of the molecule is CC(C)C(N)C(=O)N1CC(C)(C)OC(C)(C)C1. The molecule has 1 rings (SSSR count). The van der Waals surface area contributed by atoms with Crippen LogP contribution in [0.3, 0.4) is 0 Å². The molecule has 0 aromatic heterocycles. The molecule has 0 saturated carbocycles. The lowest BCUT2D eigenvalue weighted by Gasteiger charge is -2.47. The molecular formula is C13H26N2O2. The van der Waals surface area contributed by atoms with Gasteiger partial charge in [0.15, 0.2) is 0 Å². The van der Waals surface area contributed by atoms with Crippen LogP contribution in [0.25, 0.3) is 0 Å². The van der Waals surface area contributed by atoms with E-state index in [4.69, 9.17) is 10.5 Å². The van der Waals surface area contributed by atoms with Gasteiger partial charge in [0.2, 0.25) is 5.91 Å².